The average Bonchev–Trinajstić information content (AvgIpc) is 2.96. The number of rotatable bonds is 4. The molecule has 0 fully saturated rings. The first-order valence-corrected chi connectivity index (χ1v) is 7.94. The number of nitrogens with zero attached hydrogens (tertiary/aromatic N) is 3. The maximum absolute atomic E-state index is 12.5. The first-order chi connectivity index (χ1) is 12.0. The summed E-state index contributed by atoms with van der Waals surface area (Å²) >= 11 is 6.00. The number of ketones is 1. The number of benzene rings is 2. The molecular weight excluding hydrogens is 340 g/mol. The predicted octanol–water partition coefficient (Wildman–Crippen LogP) is 3.68. The van der Waals surface area contributed by atoms with Crippen molar-refractivity contribution in [3.8, 4) is 5.69 Å². The summed E-state index contributed by atoms with van der Waals surface area (Å²) in [5, 5.41) is 11.3. The van der Waals surface area contributed by atoms with E-state index in [0.717, 1.165) is 5.69 Å². The molecule has 2 aromatic carbocycles. The summed E-state index contributed by atoms with van der Waals surface area (Å²) < 4.78 is 1.55. The van der Waals surface area contributed by atoms with Crippen LogP contribution in [0.4, 0.5) is 5.69 Å². The van der Waals surface area contributed by atoms with Crippen LogP contribution in [0.5, 0.6) is 0 Å². The second-order valence-electron chi connectivity index (χ2n) is 5.51. The normalized spacial score (nSPS) is 10.5. The van der Waals surface area contributed by atoms with E-state index in [1.807, 2.05) is 6.07 Å². The van der Waals surface area contributed by atoms with Gasteiger partial charge in [0.1, 0.15) is 0 Å². The maximum Gasteiger partial charge on any atom is 0.278 e. The standard InChI is InChI=1S/C18H15ClN4O2/c1-11-17(21-22-23(11)16-8-4-6-14(19)10-16)18(25)20-15-7-3-5-13(9-15)12(2)24/h3-10H,1-2H3,(H,20,25). The van der Waals surface area contributed by atoms with Gasteiger partial charge in [0, 0.05) is 16.3 Å². The van der Waals surface area contributed by atoms with E-state index in [9.17, 15) is 9.59 Å². The van der Waals surface area contributed by atoms with Gasteiger partial charge >= 0.3 is 0 Å². The van der Waals surface area contributed by atoms with Crippen LogP contribution >= 0.6 is 11.6 Å². The third-order valence-corrected chi connectivity index (χ3v) is 3.92. The van der Waals surface area contributed by atoms with Crippen molar-refractivity contribution in [1.29, 1.82) is 0 Å². The first kappa shape index (κ1) is 16.9. The molecule has 0 atom stereocenters. The van der Waals surface area contributed by atoms with Crippen LogP contribution in [0, 0.1) is 6.92 Å². The number of Topliss-reactive ketones (excluding diaryl/α,β-unsaturated/α-hetero) is 1. The molecule has 0 aliphatic carbocycles. The lowest BCUT2D eigenvalue weighted by molar-refractivity contribution is 0.100. The van der Waals surface area contributed by atoms with E-state index in [4.69, 9.17) is 11.6 Å². The van der Waals surface area contributed by atoms with Crippen molar-refractivity contribution in [2.24, 2.45) is 0 Å². The van der Waals surface area contributed by atoms with E-state index in [2.05, 4.69) is 15.6 Å². The summed E-state index contributed by atoms with van der Waals surface area (Å²) in [6, 6.07) is 13.9. The smallest absolute Gasteiger partial charge is 0.278 e. The van der Waals surface area contributed by atoms with Gasteiger partial charge in [-0.2, -0.15) is 0 Å². The molecule has 0 saturated carbocycles. The molecule has 0 bridgehead atoms. The summed E-state index contributed by atoms with van der Waals surface area (Å²) in [6.07, 6.45) is 0. The molecule has 0 saturated heterocycles. The highest BCUT2D eigenvalue weighted by atomic mass is 35.5. The molecule has 0 aliphatic heterocycles. The maximum atomic E-state index is 12.5. The van der Waals surface area contributed by atoms with Crippen molar-refractivity contribution in [2.45, 2.75) is 13.8 Å². The van der Waals surface area contributed by atoms with Gasteiger partial charge in [0.05, 0.1) is 11.4 Å². The minimum absolute atomic E-state index is 0.0702. The Hall–Kier alpha value is -2.99. The van der Waals surface area contributed by atoms with Crippen LogP contribution in [0.2, 0.25) is 5.02 Å². The Balaban J connectivity index is 1.86. The largest absolute Gasteiger partial charge is 0.321 e. The van der Waals surface area contributed by atoms with Gasteiger partial charge in [0.2, 0.25) is 0 Å². The quantitative estimate of drug-likeness (QED) is 0.725. The van der Waals surface area contributed by atoms with Crippen molar-refractivity contribution in [3.63, 3.8) is 0 Å². The van der Waals surface area contributed by atoms with Gasteiger partial charge in [-0.25, -0.2) is 4.68 Å². The second kappa shape index (κ2) is 6.86. The highest BCUT2D eigenvalue weighted by molar-refractivity contribution is 6.30. The highest BCUT2D eigenvalue weighted by Gasteiger charge is 2.18. The molecule has 0 spiro atoms. The van der Waals surface area contributed by atoms with E-state index in [1.54, 1.807) is 54.1 Å². The molecule has 1 aromatic heterocycles. The molecular formula is C18H15ClN4O2. The summed E-state index contributed by atoms with van der Waals surface area (Å²) in [6.45, 7) is 3.23. The van der Waals surface area contributed by atoms with Gasteiger partial charge in [-0.05, 0) is 44.2 Å². The van der Waals surface area contributed by atoms with E-state index >= 15 is 0 Å². The third-order valence-electron chi connectivity index (χ3n) is 3.69. The third kappa shape index (κ3) is 3.59. The number of carbonyl (C=O) groups excluding carboxylic acids is 2. The summed E-state index contributed by atoms with van der Waals surface area (Å²) in [7, 11) is 0. The Morgan fingerprint density at radius 2 is 1.88 bits per heavy atom. The Bertz CT molecular complexity index is 965. The zero-order chi connectivity index (χ0) is 18.0. The fraction of sp³-hybridized carbons (Fsp3) is 0.111. The van der Waals surface area contributed by atoms with Gasteiger partial charge in [-0.1, -0.05) is 35.0 Å². The van der Waals surface area contributed by atoms with E-state index in [-0.39, 0.29) is 11.5 Å². The Labute approximate surface area is 149 Å². The number of carbonyl (C=O) groups is 2. The molecule has 6 nitrogen and oxygen atoms in total. The van der Waals surface area contributed by atoms with Crippen LogP contribution in [-0.4, -0.2) is 26.7 Å². The lowest BCUT2D eigenvalue weighted by Gasteiger charge is -2.06. The van der Waals surface area contributed by atoms with Gasteiger partial charge in [0.15, 0.2) is 11.5 Å². The lowest BCUT2D eigenvalue weighted by atomic mass is 10.1. The Morgan fingerprint density at radius 3 is 2.60 bits per heavy atom. The summed E-state index contributed by atoms with van der Waals surface area (Å²) in [5.41, 5.74) is 2.55. The number of halogens is 1. The Morgan fingerprint density at radius 1 is 1.12 bits per heavy atom. The van der Waals surface area contributed by atoms with E-state index < -0.39 is 5.91 Å². The van der Waals surface area contributed by atoms with E-state index in [1.165, 1.54) is 6.92 Å². The molecule has 0 radical (unpaired) electrons. The van der Waals surface area contributed by atoms with Gasteiger partial charge < -0.3 is 5.32 Å². The van der Waals surface area contributed by atoms with E-state index in [0.29, 0.717) is 22.0 Å². The number of aromatic nitrogens is 3. The first-order valence-electron chi connectivity index (χ1n) is 7.56. The minimum Gasteiger partial charge on any atom is -0.321 e. The molecule has 126 valence electrons. The summed E-state index contributed by atoms with van der Waals surface area (Å²) in [5.74, 6) is -0.467. The fourth-order valence-electron chi connectivity index (χ4n) is 2.40. The molecule has 25 heavy (non-hydrogen) atoms. The molecule has 1 N–H and O–H groups in total. The van der Waals surface area contributed by atoms with Crippen LogP contribution in [0.1, 0.15) is 33.5 Å². The SMILES string of the molecule is CC(=O)c1cccc(NC(=O)c2nnn(-c3cccc(Cl)c3)c2C)c1. The van der Waals surface area contributed by atoms with Crippen molar-refractivity contribution in [3.05, 3.63) is 70.5 Å². The monoisotopic (exact) mass is 354 g/mol. The van der Waals surface area contributed by atoms with Crippen molar-refractivity contribution in [2.75, 3.05) is 5.32 Å². The highest BCUT2D eigenvalue weighted by Crippen LogP contribution is 2.18. The topological polar surface area (TPSA) is 76.9 Å². The van der Waals surface area contributed by atoms with Crippen LogP contribution in [0.25, 0.3) is 5.69 Å². The number of amides is 1. The molecule has 3 aromatic rings. The zero-order valence-electron chi connectivity index (χ0n) is 13.7. The van der Waals surface area contributed by atoms with Crippen LogP contribution in [0.15, 0.2) is 48.5 Å². The van der Waals surface area contributed by atoms with Gasteiger partial charge in [-0.3, -0.25) is 9.59 Å². The van der Waals surface area contributed by atoms with Gasteiger partial charge in [-0.15, -0.1) is 5.10 Å². The summed E-state index contributed by atoms with van der Waals surface area (Å²) in [4.78, 5) is 23.9. The zero-order valence-corrected chi connectivity index (χ0v) is 14.4. The number of nitrogens with one attached hydrogen (secondary N) is 1. The molecule has 0 aliphatic rings. The van der Waals surface area contributed by atoms with Crippen LogP contribution in [0.3, 0.4) is 0 Å². The van der Waals surface area contributed by atoms with Crippen molar-refractivity contribution in [1.82, 2.24) is 15.0 Å². The van der Waals surface area contributed by atoms with Crippen molar-refractivity contribution >= 4 is 29.0 Å². The number of hydrogen-bond donors (Lipinski definition) is 1. The van der Waals surface area contributed by atoms with Crippen molar-refractivity contribution < 1.29 is 9.59 Å². The number of hydrogen-bond acceptors (Lipinski definition) is 4. The predicted molar refractivity (Wildman–Crippen MR) is 95.5 cm³/mol. The molecule has 7 heteroatoms. The lowest BCUT2D eigenvalue weighted by Crippen LogP contribution is -2.14. The molecule has 1 amide bonds. The Kier molecular flexibility index (Phi) is 4.63. The molecule has 1 heterocycles. The second-order valence-corrected chi connectivity index (χ2v) is 5.94. The molecule has 3 rings (SSSR count). The van der Waals surface area contributed by atoms with Gasteiger partial charge in [0.25, 0.3) is 5.91 Å². The average molecular weight is 355 g/mol. The minimum atomic E-state index is -0.397. The fourth-order valence-corrected chi connectivity index (χ4v) is 2.58. The van der Waals surface area contributed by atoms with Crippen LogP contribution < -0.4 is 5.32 Å². The van der Waals surface area contributed by atoms with Crippen LogP contribution in [-0.2, 0) is 0 Å². The molecule has 0 unspecified atom stereocenters. The number of anilines is 1.